The molecule has 0 bridgehead atoms. The van der Waals surface area contributed by atoms with Crippen molar-refractivity contribution in [2.45, 2.75) is 19.5 Å². The van der Waals surface area contributed by atoms with Gasteiger partial charge in [0.25, 0.3) is 0 Å². The fourth-order valence-electron chi connectivity index (χ4n) is 2.52. The number of nitrogens with zero attached hydrogens (tertiary/aromatic N) is 1. The van der Waals surface area contributed by atoms with Gasteiger partial charge in [0.2, 0.25) is 0 Å². The summed E-state index contributed by atoms with van der Waals surface area (Å²) >= 11 is 0. The maximum absolute atomic E-state index is 13.1. The van der Waals surface area contributed by atoms with Crippen LogP contribution in [0.5, 0.6) is 0 Å². The van der Waals surface area contributed by atoms with E-state index in [0.717, 1.165) is 18.1 Å². The topological polar surface area (TPSA) is 36.4 Å². The van der Waals surface area contributed by atoms with Crippen LogP contribution < -0.4 is 10.6 Å². The second kappa shape index (κ2) is 5.95. The van der Waals surface area contributed by atoms with Crippen LogP contribution in [0.4, 0.5) is 4.39 Å². The molecule has 0 unspecified atom stereocenters. The van der Waals surface area contributed by atoms with Crippen molar-refractivity contribution in [2.75, 3.05) is 6.54 Å². The highest BCUT2D eigenvalue weighted by Gasteiger charge is 2.19. The van der Waals surface area contributed by atoms with Gasteiger partial charge in [-0.25, -0.2) is 9.38 Å². The van der Waals surface area contributed by atoms with E-state index in [2.05, 4.69) is 34.7 Å². The third-order valence-electron chi connectivity index (χ3n) is 3.64. The number of aliphatic imine (C=N–C) groups is 1. The second-order valence-electron chi connectivity index (χ2n) is 5.21. The molecule has 0 aromatic heterocycles. The molecule has 1 atom stereocenters. The fraction of sp³-hybridized carbons (Fsp3) is 0.235. The van der Waals surface area contributed by atoms with Crippen LogP contribution in [-0.2, 0) is 6.54 Å². The van der Waals surface area contributed by atoms with Gasteiger partial charge in [0, 0.05) is 13.1 Å². The first-order chi connectivity index (χ1) is 10.2. The monoisotopic (exact) mass is 283 g/mol. The Kier molecular flexibility index (Phi) is 3.86. The molecule has 0 spiro atoms. The van der Waals surface area contributed by atoms with Gasteiger partial charge in [0.05, 0.1) is 6.04 Å². The molecule has 2 N–H and O–H groups in total. The molecule has 2 aromatic rings. The smallest absolute Gasteiger partial charge is 0.192 e. The van der Waals surface area contributed by atoms with Gasteiger partial charge in [-0.3, -0.25) is 0 Å². The quantitative estimate of drug-likeness (QED) is 0.908. The van der Waals surface area contributed by atoms with E-state index in [0.29, 0.717) is 6.54 Å². The van der Waals surface area contributed by atoms with Crippen LogP contribution in [-0.4, -0.2) is 12.5 Å². The van der Waals surface area contributed by atoms with Gasteiger partial charge in [-0.2, -0.15) is 0 Å². The van der Waals surface area contributed by atoms with Gasteiger partial charge in [0.1, 0.15) is 5.82 Å². The highest BCUT2D eigenvalue weighted by Crippen LogP contribution is 2.22. The van der Waals surface area contributed by atoms with Crippen molar-refractivity contribution in [1.29, 1.82) is 0 Å². The number of benzene rings is 2. The Hall–Kier alpha value is -2.36. The summed E-state index contributed by atoms with van der Waals surface area (Å²) in [6, 6.07) is 15.0. The van der Waals surface area contributed by atoms with Gasteiger partial charge >= 0.3 is 0 Å². The minimum atomic E-state index is -0.214. The van der Waals surface area contributed by atoms with Crippen molar-refractivity contribution in [1.82, 2.24) is 10.6 Å². The van der Waals surface area contributed by atoms with Gasteiger partial charge in [-0.05, 0) is 35.7 Å². The molecule has 3 rings (SSSR count). The first-order valence-corrected chi connectivity index (χ1v) is 7.08. The van der Waals surface area contributed by atoms with Crippen LogP contribution in [0.25, 0.3) is 0 Å². The summed E-state index contributed by atoms with van der Waals surface area (Å²) in [4.78, 5) is 4.66. The van der Waals surface area contributed by atoms with E-state index in [9.17, 15) is 4.39 Å². The van der Waals surface area contributed by atoms with Crippen LogP contribution in [0.2, 0.25) is 0 Å². The summed E-state index contributed by atoms with van der Waals surface area (Å²) in [6.07, 6.45) is 0. The minimum absolute atomic E-state index is 0.140. The number of hydrogen-bond acceptors (Lipinski definition) is 3. The van der Waals surface area contributed by atoms with Crippen LogP contribution in [0.1, 0.15) is 22.7 Å². The molecule has 1 aliphatic rings. The molecule has 0 amide bonds. The Morgan fingerprint density at radius 2 is 2.10 bits per heavy atom. The molecule has 0 fully saturated rings. The zero-order valence-corrected chi connectivity index (χ0v) is 11.9. The van der Waals surface area contributed by atoms with Crippen LogP contribution in [0.15, 0.2) is 53.5 Å². The van der Waals surface area contributed by atoms with Crippen LogP contribution in [0.3, 0.4) is 0 Å². The Labute approximate surface area is 123 Å². The number of halogens is 1. The summed E-state index contributed by atoms with van der Waals surface area (Å²) in [7, 11) is 0. The molecule has 0 radical (unpaired) electrons. The molecule has 2 aromatic carbocycles. The SMILES string of the molecule is Cc1ccccc1[C@H]1CNC(NCc2cccc(F)c2)=N1. The molecule has 4 heteroatoms. The summed E-state index contributed by atoms with van der Waals surface area (Å²) < 4.78 is 13.1. The Morgan fingerprint density at radius 3 is 2.90 bits per heavy atom. The van der Waals surface area contributed by atoms with Gasteiger partial charge in [-0.1, -0.05) is 36.4 Å². The molecule has 3 nitrogen and oxygen atoms in total. The Morgan fingerprint density at radius 1 is 1.24 bits per heavy atom. The van der Waals surface area contributed by atoms with Crippen molar-refractivity contribution < 1.29 is 4.39 Å². The zero-order valence-electron chi connectivity index (χ0n) is 11.9. The predicted molar refractivity (Wildman–Crippen MR) is 82.6 cm³/mol. The van der Waals surface area contributed by atoms with Gasteiger partial charge in [0.15, 0.2) is 5.96 Å². The highest BCUT2D eigenvalue weighted by atomic mass is 19.1. The second-order valence-corrected chi connectivity index (χ2v) is 5.21. The molecular weight excluding hydrogens is 265 g/mol. The highest BCUT2D eigenvalue weighted by molar-refractivity contribution is 5.81. The Bertz CT molecular complexity index is 667. The number of guanidine groups is 1. The normalized spacial score (nSPS) is 17.2. The standard InChI is InChI=1S/C17H18FN3/c1-12-5-2-3-8-15(12)16-11-20-17(21-16)19-10-13-6-4-7-14(18)9-13/h2-9,16H,10-11H2,1H3,(H2,19,20,21)/t16-/m1/s1. The van der Waals surface area contributed by atoms with Crippen LogP contribution in [0, 0.1) is 12.7 Å². The van der Waals surface area contributed by atoms with Gasteiger partial charge in [-0.15, -0.1) is 0 Å². The number of aryl methyl sites for hydroxylation is 1. The molecule has 0 aliphatic carbocycles. The number of rotatable bonds is 3. The average molecular weight is 283 g/mol. The van der Waals surface area contributed by atoms with E-state index in [4.69, 9.17) is 0 Å². The summed E-state index contributed by atoms with van der Waals surface area (Å²) in [5.74, 6) is 0.556. The number of nitrogens with one attached hydrogen (secondary N) is 2. The first-order valence-electron chi connectivity index (χ1n) is 7.08. The molecule has 108 valence electrons. The first kappa shape index (κ1) is 13.6. The minimum Gasteiger partial charge on any atom is -0.354 e. The maximum atomic E-state index is 13.1. The summed E-state index contributed by atoms with van der Waals surface area (Å²) in [6.45, 7) is 3.45. The van der Waals surface area contributed by atoms with Crippen molar-refractivity contribution >= 4 is 5.96 Å². The molecule has 1 heterocycles. The van der Waals surface area contributed by atoms with Crippen molar-refractivity contribution in [3.8, 4) is 0 Å². The third-order valence-corrected chi connectivity index (χ3v) is 3.64. The molecule has 0 saturated carbocycles. The van der Waals surface area contributed by atoms with Crippen LogP contribution >= 0.6 is 0 Å². The lowest BCUT2D eigenvalue weighted by Crippen LogP contribution is -2.33. The van der Waals surface area contributed by atoms with Gasteiger partial charge < -0.3 is 10.6 Å². The van der Waals surface area contributed by atoms with Crippen molar-refractivity contribution in [2.24, 2.45) is 4.99 Å². The lowest BCUT2D eigenvalue weighted by Gasteiger charge is -2.08. The van der Waals surface area contributed by atoms with Crippen molar-refractivity contribution in [3.05, 3.63) is 71.0 Å². The predicted octanol–water partition coefficient (Wildman–Crippen LogP) is 2.92. The lowest BCUT2D eigenvalue weighted by molar-refractivity contribution is 0.624. The molecule has 0 saturated heterocycles. The average Bonchev–Trinajstić information content (AvgIpc) is 2.94. The lowest BCUT2D eigenvalue weighted by atomic mass is 10.0. The molecule has 1 aliphatic heterocycles. The zero-order chi connectivity index (χ0) is 14.7. The van der Waals surface area contributed by atoms with E-state index < -0.39 is 0 Å². The summed E-state index contributed by atoms with van der Waals surface area (Å²) in [5, 5.41) is 6.48. The summed E-state index contributed by atoms with van der Waals surface area (Å²) in [5.41, 5.74) is 3.39. The number of hydrogen-bond donors (Lipinski definition) is 2. The van der Waals surface area contributed by atoms with E-state index in [1.165, 1.54) is 23.3 Å². The largest absolute Gasteiger partial charge is 0.354 e. The maximum Gasteiger partial charge on any atom is 0.192 e. The fourth-order valence-corrected chi connectivity index (χ4v) is 2.52. The van der Waals surface area contributed by atoms with E-state index in [1.807, 2.05) is 18.2 Å². The van der Waals surface area contributed by atoms with E-state index in [-0.39, 0.29) is 11.9 Å². The third kappa shape index (κ3) is 3.21. The van der Waals surface area contributed by atoms with Crippen molar-refractivity contribution in [3.63, 3.8) is 0 Å². The molecule has 21 heavy (non-hydrogen) atoms. The van der Waals surface area contributed by atoms with E-state index >= 15 is 0 Å². The Balaban J connectivity index is 1.65. The van der Waals surface area contributed by atoms with E-state index in [1.54, 1.807) is 6.07 Å². The molecular formula is C17H18FN3.